The van der Waals surface area contributed by atoms with Gasteiger partial charge in [0.05, 0.1) is 12.3 Å². The number of urea groups is 1. The summed E-state index contributed by atoms with van der Waals surface area (Å²) in [5.41, 5.74) is 1.26. The van der Waals surface area contributed by atoms with Crippen molar-refractivity contribution in [2.75, 3.05) is 11.5 Å². The number of anilines is 1. The highest BCUT2D eigenvalue weighted by atomic mass is 35.5. The number of aromatic hydroxyl groups is 1. The van der Waals surface area contributed by atoms with Crippen molar-refractivity contribution in [3.63, 3.8) is 0 Å². The molecule has 3 rings (SSSR count). The van der Waals surface area contributed by atoms with Gasteiger partial charge in [0.1, 0.15) is 5.57 Å². The number of hydrogen-bond donors (Lipinski definition) is 2. The number of halogens is 1. The van der Waals surface area contributed by atoms with Gasteiger partial charge in [0.25, 0.3) is 11.8 Å². The molecule has 1 fully saturated rings. The number of nitrogens with one attached hydrogen (secondary N) is 1. The average molecular weight is 401 g/mol. The summed E-state index contributed by atoms with van der Waals surface area (Å²) in [5.74, 6) is -1.43. The molecule has 0 spiro atoms. The Morgan fingerprint density at radius 2 is 1.93 bits per heavy atom. The maximum Gasteiger partial charge on any atom is 0.335 e. The SMILES string of the molecule is CCOc1cc(/C=C2/C(=O)NC(=O)N(c3ccc(C)c(Cl)c3)C2=O)ccc1O. The maximum absolute atomic E-state index is 12.9. The Morgan fingerprint density at radius 3 is 2.61 bits per heavy atom. The van der Waals surface area contributed by atoms with Gasteiger partial charge in [-0.1, -0.05) is 23.7 Å². The van der Waals surface area contributed by atoms with Gasteiger partial charge in [-0.15, -0.1) is 0 Å². The van der Waals surface area contributed by atoms with E-state index in [-0.39, 0.29) is 22.8 Å². The lowest BCUT2D eigenvalue weighted by Gasteiger charge is -2.26. The van der Waals surface area contributed by atoms with Crippen LogP contribution in [0.1, 0.15) is 18.1 Å². The van der Waals surface area contributed by atoms with E-state index in [4.69, 9.17) is 16.3 Å². The van der Waals surface area contributed by atoms with Crippen molar-refractivity contribution in [1.82, 2.24) is 5.32 Å². The molecule has 4 amide bonds. The zero-order valence-electron chi connectivity index (χ0n) is 15.2. The van der Waals surface area contributed by atoms with E-state index in [1.165, 1.54) is 30.3 Å². The predicted octanol–water partition coefficient (Wildman–Crippen LogP) is 3.42. The van der Waals surface area contributed by atoms with Crippen LogP contribution in [0.25, 0.3) is 6.08 Å². The normalized spacial score (nSPS) is 15.8. The summed E-state index contributed by atoms with van der Waals surface area (Å²) in [7, 11) is 0. The molecule has 2 aromatic rings. The second-order valence-electron chi connectivity index (χ2n) is 6.05. The number of nitrogens with zero attached hydrogens (tertiary/aromatic N) is 1. The Hall–Kier alpha value is -3.32. The van der Waals surface area contributed by atoms with Crippen LogP contribution < -0.4 is 15.0 Å². The molecule has 2 aromatic carbocycles. The van der Waals surface area contributed by atoms with Gasteiger partial charge in [0.15, 0.2) is 11.5 Å². The lowest BCUT2D eigenvalue weighted by Crippen LogP contribution is -2.54. The van der Waals surface area contributed by atoms with Gasteiger partial charge in [-0.05, 0) is 55.3 Å². The third-order valence-electron chi connectivity index (χ3n) is 4.11. The number of aryl methyl sites for hydroxylation is 1. The molecule has 8 heteroatoms. The molecule has 144 valence electrons. The summed E-state index contributed by atoms with van der Waals surface area (Å²) in [5, 5.41) is 12.3. The molecule has 0 aromatic heterocycles. The van der Waals surface area contributed by atoms with E-state index in [1.54, 1.807) is 26.0 Å². The van der Waals surface area contributed by atoms with Gasteiger partial charge in [0.2, 0.25) is 0 Å². The quantitative estimate of drug-likeness (QED) is 0.605. The van der Waals surface area contributed by atoms with Crippen LogP contribution in [0.4, 0.5) is 10.5 Å². The molecular formula is C20H17ClN2O5. The topological polar surface area (TPSA) is 95.9 Å². The first-order chi connectivity index (χ1) is 13.3. The summed E-state index contributed by atoms with van der Waals surface area (Å²) in [4.78, 5) is 38.2. The number of hydrogen-bond acceptors (Lipinski definition) is 5. The Bertz CT molecular complexity index is 1020. The van der Waals surface area contributed by atoms with Gasteiger partial charge >= 0.3 is 6.03 Å². The van der Waals surface area contributed by atoms with Gasteiger partial charge in [-0.25, -0.2) is 9.69 Å². The summed E-state index contributed by atoms with van der Waals surface area (Å²) in [6.07, 6.45) is 1.33. The van der Waals surface area contributed by atoms with E-state index in [9.17, 15) is 19.5 Å². The smallest absolute Gasteiger partial charge is 0.335 e. The van der Waals surface area contributed by atoms with E-state index < -0.39 is 17.8 Å². The van der Waals surface area contributed by atoms with E-state index >= 15 is 0 Å². The van der Waals surface area contributed by atoms with Crippen molar-refractivity contribution in [2.24, 2.45) is 0 Å². The molecule has 1 heterocycles. The van der Waals surface area contributed by atoms with Crippen molar-refractivity contribution in [1.29, 1.82) is 0 Å². The summed E-state index contributed by atoms with van der Waals surface area (Å²) in [6, 6.07) is 8.28. The van der Waals surface area contributed by atoms with Crippen molar-refractivity contribution in [2.45, 2.75) is 13.8 Å². The molecule has 0 saturated carbocycles. The number of amides is 4. The Labute approximate surface area is 166 Å². The fraction of sp³-hybridized carbons (Fsp3) is 0.150. The van der Waals surface area contributed by atoms with E-state index in [0.717, 1.165) is 10.5 Å². The number of phenols is 1. The molecule has 0 bridgehead atoms. The van der Waals surface area contributed by atoms with Crippen LogP contribution in [0.15, 0.2) is 42.0 Å². The third kappa shape index (κ3) is 3.70. The third-order valence-corrected chi connectivity index (χ3v) is 4.52. The van der Waals surface area contributed by atoms with E-state index in [1.807, 2.05) is 0 Å². The fourth-order valence-corrected chi connectivity index (χ4v) is 2.85. The molecule has 1 saturated heterocycles. The first-order valence-electron chi connectivity index (χ1n) is 8.45. The maximum atomic E-state index is 12.9. The zero-order valence-corrected chi connectivity index (χ0v) is 15.9. The number of carbonyl (C=O) groups excluding carboxylic acids is 3. The number of rotatable bonds is 4. The molecule has 7 nitrogen and oxygen atoms in total. The molecule has 1 aliphatic heterocycles. The van der Waals surface area contributed by atoms with Crippen molar-refractivity contribution in [3.05, 3.63) is 58.1 Å². The van der Waals surface area contributed by atoms with Crippen LogP contribution >= 0.6 is 11.6 Å². The lowest BCUT2D eigenvalue weighted by atomic mass is 10.1. The van der Waals surface area contributed by atoms with Crippen LogP contribution in [0.5, 0.6) is 11.5 Å². The fourth-order valence-electron chi connectivity index (χ4n) is 2.67. The number of benzene rings is 2. The van der Waals surface area contributed by atoms with Crippen molar-refractivity contribution < 1.29 is 24.2 Å². The molecular weight excluding hydrogens is 384 g/mol. The summed E-state index contributed by atoms with van der Waals surface area (Å²) in [6.45, 7) is 3.89. The second-order valence-corrected chi connectivity index (χ2v) is 6.46. The van der Waals surface area contributed by atoms with Crippen LogP contribution in [-0.2, 0) is 9.59 Å². The lowest BCUT2D eigenvalue weighted by molar-refractivity contribution is -0.122. The first-order valence-corrected chi connectivity index (χ1v) is 8.83. The van der Waals surface area contributed by atoms with Crippen LogP contribution in [-0.4, -0.2) is 29.6 Å². The van der Waals surface area contributed by atoms with Crippen LogP contribution in [0, 0.1) is 6.92 Å². The van der Waals surface area contributed by atoms with Gasteiger partial charge in [-0.3, -0.25) is 14.9 Å². The van der Waals surface area contributed by atoms with Crippen LogP contribution in [0.3, 0.4) is 0 Å². The molecule has 28 heavy (non-hydrogen) atoms. The van der Waals surface area contributed by atoms with E-state index in [2.05, 4.69) is 5.32 Å². The van der Waals surface area contributed by atoms with Crippen LogP contribution in [0.2, 0.25) is 5.02 Å². The summed E-state index contributed by atoms with van der Waals surface area (Å²) >= 11 is 6.10. The van der Waals surface area contributed by atoms with Gasteiger partial charge < -0.3 is 9.84 Å². The molecule has 0 unspecified atom stereocenters. The largest absolute Gasteiger partial charge is 0.504 e. The van der Waals surface area contributed by atoms with E-state index in [0.29, 0.717) is 17.2 Å². The standard InChI is InChI=1S/C20H17ClN2O5/c1-3-28-17-9-12(5-7-16(17)24)8-14-18(25)22-20(27)23(19(14)26)13-6-4-11(2)15(21)10-13/h4-10,24H,3H2,1-2H3,(H,22,25,27)/b14-8-. The highest BCUT2D eigenvalue weighted by molar-refractivity contribution is 6.39. The Kier molecular flexibility index (Phi) is 5.37. The van der Waals surface area contributed by atoms with Gasteiger partial charge in [0, 0.05) is 5.02 Å². The predicted molar refractivity (Wildman–Crippen MR) is 104 cm³/mol. The zero-order chi connectivity index (χ0) is 20.4. The summed E-state index contributed by atoms with van der Waals surface area (Å²) < 4.78 is 5.31. The Balaban J connectivity index is 2.01. The molecule has 0 radical (unpaired) electrons. The average Bonchev–Trinajstić information content (AvgIpc) is 2.64. The molecule has 0 atom stereocenters. The van der Waals surface area contributed by atoms with Gasteiger partial charge in [-0.2, -0.15) is 0 Å². The second kappa shape index (κ2) is 7.74. The molecule has 1 aliphatic rings. The Morgan fingerprint density at radius 1 is 1.18 bits per heavy atom. The van der Waals surface area contributed by atoms with Crippen molar-refractivity contribution >= 4 is 41.2 Å². The number of phenolic OH excluding ortho intramolecular Hbond substituents is 1. The minimum Gasteiger partial charge on any atom is -0.504 e. The number of imide groups is 2. The highest BCUT2D eigenvalue weighted by Gasteiger charge is 2.37. The number of barbiturate groups is 1. The molecule has 2 N–H and O–H groups in total. The van der Waals surface area contributed by atoms with Crippen molar-refractivity contribution in [3.8, 4) is 11.5 Å². The highest BCUT2D eigenvalue weighted by Crippen LogP contribution is 2.29. The monoisotopic (exact) mass is 400 g/mol. The number of carbonyl (C=O) groups is 3. The minimum absolute atomic E-state index is 0.0606. The minimum atomic E-state index is -0.854. The molecule has 0 aliphatic carbocycles. The number of ether oxygens (including phenoxy) is 1. The first kappa shape index (κ1) is 19.4.